The first-order chi connectivity index (χ1) is 8.65. The van der Waals surface area contributed by atoms with Crippen LogP contribution >= 0.6 is 15.9 Å². The first-order valence-electron chi connectivity index (χ1n) is 6.67. The molecular weight excluding hydrogens is 292 g/mol. The van der Waals surface area contributed by atoms with E-state index in [4.69, 9.17) is 5.11 Å². The smallest absolute Gasteiger partial charge is 0.336 e. The first kappa shape index (κ1) is 15.2. The van der Waals surface area contributed by atoms with E-state index in [1.807, 2.05) is 12.1 Å². The van der Waals surface area contributed by atoms with Crippen LogP contribution < -0.4 is 0 Å². The summed E-state index contributed by atoms with van der Waals surface area (Å²) in [6.45, 7) is 2.22. The van der Waals surface area contributed by atoms with Crippen molar-refractivity contribution in [1.82, 2.24) is 0 Å². The second kappa shape index (κ2) is 8.30. The number of aryl methyl sites for hydroxylation is 1. The van der Waals surface area contributed by atoms with Crippen LogP contribution in [0.4, 0.5) is 0 Å². The van der Waals surface area contributed by atoms with E-state index < -0.39 is 5.97 Å². The standard InChI is InChI=1S/C15H21BrO2/c1-2-3-4-5-6-7-8-12-9-10-13(15(17)18)14(16)11-12/h9-11H,2-8H2,1H3,(H,17,18). The molecule has 0 fully saturated rings. The molecule has 0 aromatic heterocycles. The van der Waals surface area contributed by atoms with Crippen LogP contribution in [-0.4, -0.2) is 11.1 Å². The second-order valence-corrected chi connectivity index (χ2v) is 5.49. The maximum Gasteiger partial charge on any atom is 0.336 e. The molecule has 100 valence electrons. The van der Waals surface area contributed by atoms with Gasteiger partial charge in [-0.1, -0.05) is 45.1 Å². The normalized spacial score (nSPS) is 10.6. The molecule has 1 N–H and O–H groups in total. The highest BCUT2D eigenvalue weighted by atomic mass is 79.9. The number of carboxylic acids is 1. The quantitative estimate of drug-likeness (QED) is 0.682. The molecule has 0 aliphatic heterocycles. The van der Waals surface area contributed by atoms with Gasteiger partial charge in [-0.2, -0.15) is 0 Å². The zero-order valence-electron chi connectivity index (χ0n) is 10.9. The summed E-state index contributed by atoms with van der Waals surface area (Å²) in [6, 6.07) is 5.52. The molecule has 1 aromatic rings. The predicted octanol–water partition coefficient (Wildman–Crippen LogP) is 5.05. The Morgan fingerprint density at radius 3 is 2.44 bits per heavy atom. The van der Waals surface area contributed by atoms with Gasteiger partial charge in [0.1, 0.15) is 0 Å². The Balaban J connectivity index is 2.35. The zero-order chi connectivity index (χ0) is 13.4. The first-order valence-corrected chi connectivity index (χ1v) is 7.46. The SMILES string of the molecule is CCCCCCCCc1ccc(C(=O)O)c(Br)c1. The minimum absolute atomic E-state index is 0.335. The number of hydrogen-bond donors (Lipinski definition) is 1. The molecule has 2 nitrogen and oxygen atoms in total. The minimum atomic E-state index is -0.881. The topological polar surface area (TPSA) is 37.3 Å². The fourth-order valence-electron chi connectivity index (χ4n) is 2.00. The van der Waals surface area contributed by atoms with Crippen molar-refractivity contribution in [1.29, 1.82) is 0 Å². The van der Waals surface area contributed by atoms with Gasteiger partial charge in [-0.05, 0) is 46.5 Å². The Hall–Kier alpha value is -0.830. The van der Waals surface area contributed by atoms with Crippen molar-refractivity contribution < 1.29 is 9.90 Å². The molecule has 3 heteroatoms. The summed E-state index contributed by atoms with van der Waals surface area (Å²) >= 11 is 3.31. The molecule has 1 aromatic carbocycles. The van der Waals surface area contributed by atoms with Crippen LogP contribution in [0.5, 0.6) is 0 Å². The van der Waals surface area contributed by atoms with E-state index in [1.165, 1.54) is 44.1 Å². The number of aromatic carboxylic acids is 1. The summed E-state index contributed by atoms with van der Waals surface area (Å²) < 4.78 is 0.679. The Labute approximate surface area is 118 Å². The lowest BCUT2D eigenvalue weighted by Crippen LogP contribution is -1.98. The number of carbonyl (C=O) groups is 1. The third-order valence-electron chi connectivity index (χ3n) is 3.08. The summed E-state index contributed by atoms with van der Waals surface area (Å²) in [5.74, 6) is -0.881. The van der Waals surface area contributed by atoms with Gasteiger partial charge in [-0.15, -0.1) is 0 Å². The zero-order valence-corrected chi connectivity index (χ0v) is 12.5. The lowest BCUT2D eigenvalue weighted by Gasteiger charge is -2.05. The average molecular weight is 313 g/mol. The molecule has 0 heterocycles. The van der Waals surface area contributed by atoms with Crippen LogP contribution in [0.2, 0.25) is 0 Å². The lowest BCUT2D eigenvalue weighted by molar-refractivity contribution is 0.0696. The van der Waals surface area contributed by atoms with Crippen LogP contribution in [0, 0.1) is 0 Å². The highest BCUT2D eigenvalue weighted by molar-refractivity contribution is 9.10. The van der Waals surface area contributed by atoms with Gasteiger partial charge in [0.05, 0.1) is 5.56 Å². The summed E-state index contributed by atoms with van der Waals surface area (Å²) in [7, 11) is 0. The fraction of sp³-hybridized carbons (Fsp3) is 0.533. The molecule has 0 saturated carbocycles. The molecule has 0 unspecified atom stereocenters. The van der Waals surface area contributed by atoms with Gasteiger partial charge in [0.25, 0.3) is 0 Å². The molecule has 1 rings (SSSR count). The van der Waals surface area contributed by atoms with Gasteiger partial charge in [-0.25, -0.2) is 4.79 Å². The Kier molecular flexibility index (Phi) is 7.02. The van der Waals surface area contributed by atoms with Crippen LogP contribution in [-0.2, 0) is 6.42 Å². The fourth-order valence-corrected chi connectivity index (χ4v) is 2.59. The number of halogens is 1. The van der Waals surface area contributed by atoms with E-state index in [2.05, 4.69) is 22.9 Å². The molecule has 0 spiro atoms. The van der Waals surface area contributed by atoms with Crippen molar-refractivity contribution in [2.45, 2.75) is 51.9 Å². The average Bonchev–Trinajstić information content (AvgIpc) is 2.33. The summed E-state index contributed by atoms with van der Waals surface area (Å²) in [6.07, 6.45) is 8.73. The molecule has 0 aliphatic carbocycles. The third kappa shape index (κ3) is 5.21. The monoisotopic (exact) mass is 312 g/mol. The lowest BCUT2D eigenvalue weighted by atomic mass is 10.0. The number of hydrogen-bond acceptors (Lipinski definition) is 1. The van der Waals surface area contributed by atoms with Crippen molar-refractivity contribution in [3.63, 3.8) is 0 Å². The van der Waals surface area contributed by atoms with E-state index in [0.717, 1.165) is 6.42 Å². The number of benzene rings is 1. The summed E-state index contributed by atoms with van der Waals surface area (Å²) in [4.78, 5) is 10.9. The van der Waals surface area contributed by atoms with Crippen molar-refractivity contribution >= 4 is 21.9 Å². The molecule has 0 radical (unpaired) electrons. The van der Waals surface area contributed by atoms with Crippen LogP contribution in [0.3, 0.4) is 0 Å². The molecule has 18 heavy (non-hydrogen) atoms. The number of rotatable bonds is 8. The maximum absolute atomic E-state index is 10.9. The highest BCUT2D eigenvalue weighted by Gasteiger charge is 2.08. The van der Waals surface area contributed by atoms with E-state index in [0.29, 0.717) is 10.0 Å². The van der Waals surface area contributed by atoms with Crippen molar-refractivity contribution in [2.24, 2.45) is 0 Å². The Morgan fingerprint density at radius 2 is 1.83 bits per heavy atom. The van der Waals surface area contributed by atoms with E-state index in [-0.39, 0.29) is 0 Å². The molecule has 0 aliphatic rings. The van der Waals surface area contributed by atoms with Crippen molar-refractivity contribution in [3.05, 3.63) is 33.8 Å². The number of unbranched alkanes of at least 4 members (excludes halogenated alkanes) is 5. The second-order valence-electron chi connectivity index (χ2n) is 4.64. The summed E-state index contributed by atoms with van der Waals surface area (Å²) in [5.41, 5.74) is 1.55. The summed E-state index contributed by atoms with van der Waals surface area (Å²) in [5, 5.41) is 8.92. The van der Waals surface area contributed by atoms with Gasteiger partial charge in [0.2, 0.25) is 0 Å². The van der Waals surface area contributed by atoms with Gasteiger partial charge < -0.3 is 5.11 Å². The van der Waals surface area contributed by atoms with E-state index in [1.54, 1.807) is 6.07 Å². The van der Waals surface area contributed by atoms with E-state index in [9.17, 15) is 4.79 Å². The maximum atomic E-state index is 10.9. The highest BCUT2D eigenvalue weighted by Crippen LogP contribution is 2.20. The molecule has 0 amide bonds. The Morgan fingerprint density at radius 1 is 1.17 bits per heavy atom. The Bertz CT molecular complexity index is 388. The van der Waals surface area contributed by atoms with Gasteiger partial charge in [0.15, 0.2) is 0 Å². The van der Waals surface area contributed by atoms with Crippen LogP contribution in [0.1, 0.15) is 61.4 Å². The molecule has 0 saturated heterocycles. The minimum Gasteiger partial charge on any atom is -0.478 e. The van der Waals surface area contributed by atoms with Crippen molar-refractivity contribution in [2.75, 3.05) is 0 Å². The third-order valence-corrected chi connectivity index (χ3v) is 3.74. The predicted molar refractivity (Wildman–Crippen MR) is 78.2 cm³/mol. The van der Waals surface area contributed by atoms with Crippen molar-refractivity contribution in [3.8, 4) is 0 Å². The largest absolute Gasteiger partial charge is 0.478 e. The van der Waals surface area contributed by atoms with Gasteiger partial charge in [-0.3, -0.25) is 0 Å². The van der Waals surface area contributed by atoms with Gasteiger partial charge >= 0.3 is 5.97 Å². The molecule has 0 bridgehead atoms. The molecular formula is C15H21BrO2. The van der Waals surface area contributed by atoms with Crippen LogP contribution in [0.25, 0.3) is 0 Å². The molecule has 0 atom stereocenters. The van der Waals surface area contributed by atoms with E-state index >= 15 is 0 Å². The number of carboxylic acid groups (broad SMARTS) is 1. The van der Waals surface area contributed by atoms with Crippen LogP contribution in [0.15, 0.2) is 22.7 Å². The van der Waals surface area contributed by atoms with Gasteiger partial charge in [0, 0.05) is 4.47 Å².